The zero-order chi connectivity index (χ0) is 25.4. The Morgan fingerprint density at radius 1 is 0.946 bits per heavy atom. The second kappa shape index (κ2) is 9.19. The number of carbonyl (C=O) groups excluding carboxylic acids is 1. The van der Waals surface area contributed by atoms with Crippen molar-refractivity contribution in [2.75, 3.05) is 10.6 Å². The van der Waals surface area contributed by atoms with E-state index in [1.165, 1.54) is 6.33 Å². The van der Waals surface area contributed by atoms with E-state index >= 15 is 0 Å². The van der Waals surface area contributed by atoms with E-state index in [4.69, 9.17) is 5.10 Å². The van der Waals surface area contributed by atoms with Crippen molar-refractivity contribution in [3.63, 3.8) is 0 Å². The lowest BCUT2D eigenvalue weighted by molar-refractivity contribution is -0.113. The topological polar surface area (TPSA) is 103 Å². The normalized spacial score (nSPS) is 14.7. The molecule has 1 amide bonds. The van der Waals surface area contributed by atoms with E-state index in [9.17, 15) is 4.79 Å². The van der Waals surface area contributed by atoms with Crippen molar-refractivity contribution in [2.24, 2.45) is 0 Å². The Morgan fingerprint density at radius 3 is 2.49 bits per heavy atom. The lowest BCUT2D eigenvalue weighted by atomic mass is 9.93. The number of aryl methyl sites for hydroxylation is 1. The van der Waals surface area contributed by atoms with Crippen molar-refractivity contribution in [2.45, 2.75) is 19.9 Å². The molecule has 2 aromatic carbocycles. The van der Waals surface area contributed by atoms with Gasteiger partial charge in [0.25, 0.3) is 5.91 Å². The maximum Gasteiger partial charge on any atom is 0.257 e. The Morgan fingerprint density at radius 2 is 1.73 bits per heavy atom. The summed E-state index contributed by atoms with van der Waals surface area (Å²) in [7, 11) is 0. The number of nitrogens with zero attached hydrogens (tertiary/aromatic N) is 6. The molecule has 9 heteroatoms. The van der Waals surface area contributed by atoms with E-state index in [-0.39, 0.29) is 5.91 Å². The van der Waals surface area contributed by atoms with E-state index in [2.05, 4.69) is 37.8 Å². The number of fused-ring (bicyclic) bond motifs is 1. The van der Waals surface area contributed by atoms with Crippen LogP contribution in [0.5, 0.6) is 0 Å². The molecule has 2 N–H and O–H groups in total. The molecule has 1 atom stereocenters. The lowest BCUT2D eigenvalue weighted by Gasteiger charge is -2.28. The fourth-order valence-electron chi connectivity index (χ4n) is 4.53. The minimum atomic E-state index is -0.573. The van der Waals surface area contributed by atoms with Crippen molar-refractivity contribution in [1.29, 1.82) is 0 Å². The van der Waals surface area contributed by atoms with Crippen molar-refractivity contribution in [1.82, 2.24) is 29.5 Å². The summed E-state index contributed by atoms with van der Waals surface area (Å²) in [5.74, 6) is 0.742. The van der Waals surface area contributed by atoms with E-state index in [0.29, 0.717) is 23.0 Å². The second-order valence-corrected chi connectivity index (χ2v) is 8.84. The van der Waals surface area contributed by atoms with Gasteiger partial charge >= 0.3 is 0 Å². The molecule has 9 nitrogen and oxygen atoms in total. The van der Waals surface area contributed by atoms with Gasteiger partial charge in [-0.15, -0.1) is 0 Å². The number of anilines is 2. The van der Waals surface area contributed by atoms with Gasteiger partial charge in [0.1, 0.15) is 18.2 Å². The minimum absolute atomic E-state index is 0.280. The summed E-state index contributed by atoms with van der Waals surface area (Å²) in [5, 5.41) is 15.6. The van der Waals surface area contributed by atoms with Gasteiger partial charge in [-0.1, -0.05) is 54.1 Å². The van der Waals surface area contributed by atoms with E-state index in [0.717, 1.165) is 28.1 Å². The first kappa shape index (κ1) is 22.4. The standard InChI is InChI=1S/C28H24N8O/c1-18-11-13-20(14-12-18)25-22(16-35(34-25)21-8-4-3-5-9-21)26-24(19(2)32-28-30-17-31-36(26)28)27(37)33-23-10-6-7-15-29-23/h3-17,26H,1-2H3,(H,29,33,37)(H,30,31,32). The molecule has 0 fully saturated rings. The molecular formula is C28H24N8O. The molecule has 1 aliphatic heterocycles. The zero-order valence-electron chi connectivity index (χ0n) is 20.3. The van der Waals surface area contributed by atoms with Crippen molar-refractivity contribution < 1.29 is 4.79 Å². The van der Waals surface area contributed by atoms with Gasteiger partial charge in [0.2, 0.25) is 5.95 Å². The number of pyridine rings is 1. The van der Waals surface area contributed by atoms with Crippen molar-refractivity contribution in [3.8, 4) is 16.9 Å². The Hall–Kier alpha value is -5.05. The Kier molecular flexibility index (Phi) is 5.57. The highest BCUT2D eigenvalue weighted by molar-refractivity contribution is 6.05. The molecule has 3 aromatic heterocycles. The molecule has 0 saturated heterocycles. The molecule has 37 heavy (non-hydrogen) atoms. The van der Waals surface area contributed by atoms with Gasteiger partial charge in [-0.2, -0.15) is 15.2 Å². The number of aromatic nitrogens is 6. The third-order valence-electron chi connectivity index (χ3n) is 6.33. The number of allylic oxidation sites excluding steroid dienone is 1. The quantitative estimate of drug-likeness (QED) is 0.370. The predicted octanol–water partition coefficient (Wildman–Crippen LogP) is 4.76. The fourth-order valence-corrected chi connectivity index (χ4v) is 4.53. The molecule has 182 valence electrons. The maximum atomic E-state index is 13.7. The van der Waals surface area contributed by atoms with Crippen LogP contribution in [0.4, 0.5) is 11.8 Å². The van der Waals surface area contributed by atoms with E-state index in [1.807, 2.05) is 73.3 Å². The predicted molar refractivity (Wildman–Crippen MR) is 141 cm³/mol. The van der Waals surface area contributed by atoms with Crippen molar-refractivity contribution in [3.05, 3.63) is 114 Å². The van der Waals surface area contributed by atoms with Gasteiger partial charge in [-0.3, -0.25) is 4.79 Å². The van der Waals surface area contributed by atoms with Gasteiger partial charge in [0, 0.05) is 29.2 Å². The van der Waals surface area contributed by atoms with Gasteiger partial charge in [0.05, 0.1) is 17.0 Å². The minimum Gasteiger partial charge on any atom is -0.328 e. The number of carbonyl (C=O) groups is 1. The monoisotopic (exact) mass is 488 g/mol. The summed E-state index contributed by atoms with van der Waals surface area (Å²) >= 11 is 0. The molecule has 0 radical (unpaired) electrons. The van der Waals surface area contributed by atoms with E-state index in [1.54, 1.807) is 23.0 Å². The Labute approximate surface area is 213 Å². The van der Waals surface area contributed by atoms with Gasteiger partial charge in [0.15, 0.2) is 0 Å². The van der Waals surface area contributed by atoms with Crippen LogP contribution >= 0.6 is 0 Å². The summed E-state index contributed by atoms with van der Waals surface area (Å²) in [6.07, 6.45) is 5.09. The first-order valence-electron chi connectivity index (χ1n) is 11.9. The third-order valence-corrected chi connectivity index (χ3v) is 6.33. The molecule has 1 aliphatic rings. The number of para-hydroxylation sites is 1. The average molecular weight is 489 g/mol. The molecule has 6 rings (SSSR count). The number of amides is 1. The maximum absolute atomic E-state index is 13.7. The number of rotatable bonds is 5. The first-order chi connectivity index (χ1) is 18.1. The highest BCUT2D eigenvalue weighted by Gasteiger charge is 2.36. The molecule has 0 saturated carbocycles. The summed E-state index contributed by atoms with van der Waals surface area (Å²) in [4.78, 5) is 22.4. The largest absolute Gasteiger partial charge is 0.328 e. The van der Waals surface area contributed by atoms with Gasteiger partial charge < -0.3 is 10.6 Å². The lowest BCUT2D eigenvalue weighted by Crippen LogP contribution is -2.31. The molecule has 0 aliphatic carbocycles. The molecule has 4 heterocycles. The summed E-state index contributed by atoms with van der Waals surface area (Å²) in [6.45, 7) is 3.92. The van der Waals surface area contributed by atoms with E-state index < -0.39 is 6.04 Å². The third kappa shape index (κ3) is 4.16. The Balaban J connectivity index is 1.54. The zero-order valence-corrected chi connectivity index (χ0v) is 20.3. The van der Waals surface area contributed by atoms with Crippen LogP contribution in [0.1, 0.15) is 24.1 Å². The number of nitrogens with one attached hydrogen (secondary N) is 2. The second-order valence-electron chi connectivity index (χ2n) is 8.84. The molecule has 1 unspecified atom stereocenters. The SMILES string of the molecule is CC1=C(C(=O)Nc2ccccn2)C(c2cn(-c3ccccc3)nc2-c2ccc(C)cc2)n2ncnc2N1. The molecule has 0 bridgehead atoms. The number of hydrogen-bond acceptors (Lipinski definition) is 6. The van der Waals surface area contributed by atoms with Crippen LogP contribution in [-0.2, 0) is 4.79 Å². The number of benzene rings is 2. The Bertz CT molecular complexity index is 1600. The van der Waals surface area contributed by atoms with Crippen LogP contribution in [0, 0.1) is 6.92 Å². The van der Waals surface area contributed by atoms with Crippen LogP contribution in [0.3, 0.4) is 0 Å². The number of hydrogen-bond donors (Lipinski definition) is 2. The van der Waals surface area contributed by atoms with Crippen LogP contribution in [0.15, 0.2) is 103 Å². The summed E-state index contributed by atoms with van der Waals surface area (Å²) in [5.41, 5.74) is 5.78. The average Bonchev–Trinajstić information content (AvgIpc) is 3.57. The fraction of sp³-hybridized carbons (Fsp3) is 0.107. The summed E-state index contributed by atoms with van der Waals surface area (Å²) in [6, 6.07) is 22.9. The molecular weight excluding hydrogens is 464 g/mol. The highest BCUT2D eigenvalue weighted by Crippen LogP contribution is 2.39. The smallest absolute Gasteiger partial charge is 0.257 e. The first-order valence-corrected chi connectivity index (χ1v) is 11.9. The van der Waals surface area contributed by atoms with Gasteiger partial charge in [-0.25, -0.2) is 14.3 Å². The molecule has 5 aromatic rings. The van der Waals surface area contributed by atoms with Crippen LogP contribution in [0.25, 0.3) is 16.9 Å². The van der Waals surface area contributed by atoms with Crippen LogP contribution < -0.4 is 10.6 Å². The molecule has 0 spiro atoms. The van der Waals surface area contributed by atoms with Crippen LogP contribution in [-0.4, -0.2) is 35.4 Å². The van der Waals surface area contributed by atoms with Crippen molar-refractivity contribution >= 4 is 17.7 Å². The highest BCUT2D eigenvalue weighted by atomic mass is 16.1. The summed E-state index contributed by atoms with van der Waals surface area (Å²) < 4.78 is 3.57. The van der Waals surface area contributed by atoms with Gasteiger partial charge in [-0.05, 0) is 38.1 Å². The van der Waals surface area contributed by atoms with Crippen LogP contribution in [0.2, 0.25) is 0 Å².